The molecule has 1 saturated carbocycles. The molecule has 2 fully saturated rings. The highest BCUT2D eigenvalue weighted by atomic mass is 15.2. The zero-order chi connectivity index (χ0) is 13.6. The quantitative estimate of drug-likeness (QED) is 0.701. The van der Waals surface area contributed by atoms with Crippen LogP contribution in [-0.4, -0.2) is 18.0 Å². The minimum Gasteiger partial charge on any atom is -0.374 e. The molecular formula is C17H31N. The highest BCUT2D eigenvalue weighted by molar-refractivity contribution is 5.14. The van der Waals surface area contributed by atoms with Crippen molar-refractivity contribution in [2.24, 2.45) is 22.7 Å². The van der Waals surface area contributed by atoms with Crippen molar-refractivity contribution in [1.82, 2.24) is 4.90 Å². The third-order valence-electron chi connectivity index (χ3n) is 5.61. The molecule has 0 radical (unpaired) electrons. The van der Waals surface area contributed by atoms with E-state index in [2.05, 4.69) is 46.1 Å². The van der Waals surface area contributed by atoms with Gasteiger partial charge in [-0.3, -0.25) is 0 Å². The van der Waals surface area contributed by atoms with Crippen molar-refractivity contribution in [3.63, 3.8) is 0 Å². The Kier molecular flexibility index (Phi) is 3.55. The van der Waals surface area contributed by atoms with E-state index in [1.807, 2.05) is 0 Å². The average Bonchev–Trinajstić information content (AvgIpc) is 2.68. The first kappa shape index (κ1) is 14.0. The molecule has 1 nitrogen and oxygen atoms in total. The van der Waals surface area contributed by atoms with Crippen LogP contribution in [0.3, 0.4) is 0 Å². The van der Waals surface area contributed by atoms with Gasteiger partial charge >= 0.3 is 0 Å². The Balaban J connectivity index is 2.07. The lowest BCUT2D eigenvalue weighted by Gasteiger charge is -2.44. The third kappa shape index (κ3) is 2.33. The normalized spacial score (nSPS) is 31.3. The topological polar surface area (TPSA) is 3.24 Å². The van der Waals surface area contributed by atoms with Crippen LogP contribution in [0.15, 0.2) is 12.3 Å². The number of hydrogen-bond acceptors (Lipinski definition) is 1. The van der Waals surface area contributed by atoms with Gasteiger partial charge in [0, 0.05) is 24.2 Å². The molecule has 1 heteroatoms. The van der Waals surface area contributed by atoms with E-state index in [1.165, 1.54) is 44.5 Å². The zero-order valence-electron chi connectivity index (χ0n) is 13.1. The van der Waals surface area contributed by atoms with E-state index in [9.17, 15) is 0 Å². The first-order chi connectivity index (χ1) is 8.28. The SMILES string of the molecule is C=C(N1CC(CC)C(C(C)(C)C)C1)C1(C)CCC1. The third-order valence-corrected chi connectivity index (χ3v) is 5.61. The van der Waals surface area contributed by atoms with E-state index in [1.54, 1.807) is 0 Å². The van der Waals surface area contributed by atoms with Crippen LogP contribution >= 0.6 is 0 Å². The van der Waals surface area contributed by atoms with E-state index in [0.29, 0.717) is 10.8 Å². The molecule has 1 aliphatic heterocycles. The van der Waals surface area contributed by atoms with Gasteiger partial charge in [0.1, 0.15) is 0 Å². The predicted octanol–water partition coefficient (Wildman–Crippen LogP) is 4.69. The summed E-state index contributed by atoms with van der Waals surface area (Å²) in [6.45, 7) is 18.9. The van der Waals surface area contributed by atoms with E-state index in [0.717, 1.165) is 11.8 Å². The predicted molar refractivity (Wildman–Crippen MR) is 79.4 cm³/mol. The van der Waals surface area contributed by atoms with Gasteiger partial charge in [0.2, 0.25) is 0 Å². The molecule has 0 amide bonds. The highest BCUT2D eigenvalue weighted by Crippen LogP contribution is 2.50. The second kappa shape index (κ2) is 4.58. The Morgan fingerprint density at radius 3 is 2.22 bits per heavy atom. The van der Waals surface area contributed by atoms with Gasteiger partial charge in [-0.25, -0.2) is 0 Å². The minimum absolute atomic E-state index is 0.422. The van der Waals surface area contributed by atoms with Crippen molar-refractivity contribution >= 4 is 0 Å². The van der Waals surface area contributed by atoms with Crippen molar-refractivity contribution in [2.45, 2.75) is 60.3 Å². The molecule has 0 aromatic rings. The minimum atomic E-state index is 0.422. The summed E-state index contributed by atoms with van der Waals surface area (Å²) in [6, 6.07) is 0. The molecule has 1 saturated heterocycles. The Morgan fingerprint density at radius 1 is 1.28 bits per heavy atom. The molecule has 1 heterocycles. The van der Waals surface area contributed by atoms with E-state index >= 15 is 0 Å². The standard InChI is InChI=1S/C17H31N/c1-7-14-11-18(12-15(14)16(3,4)5)13(2)17(6)9-8-10-17/h14-15H,2,7-12H2,1,3-6H3. The summed E-state index contributed by atoms with van der Waals surface area (Å²) in [5, 5.41) is 0. The first-order valence-electron chi connectivity index (χ1n) is 7.72. The van der Waals surface area contributed by atoms with Crippen LogP contribution in [0.4, 0.5) is 0 Å². The lowest BCUT2D eigenvalue weighted by atomic mass is 9.68. The van der Waals surface area contributed by atoms with Crippen molar-refractivity contribution < 1.29 is 0 Å². The van der Waals surface area contributed by atoms with E-state index < -0.39 is 0 Å². The largest absolute Gasteiger partial charge is 0.374 e. The van der Waals surface area contributed by atoms with Crippen LogP contribution in [-0.2, 0) is 0 Å². The van der Waals surface area contributed by atoms with Gasteiger partial charge in [-0.05, 0) is 30.1 Å². The summed E-state index contributed by atoms with van der Waals surface area (Å²) in [6.07, 6.45) is 5.39. The maximum absolute atomic E-state index is 4.44. The smallest absolute Gasteiger partial charge is 0.0211 e. The molecule has 2 atom stereocenters. The van der Waals surface area contributed by atoms with Crippen molar-refractivity contribution in [3.05, 3.63) is 12.3 Å². The second-order valence-electron chi connectivity index (χ2n) is 7.91. The lowest BCUT2D eigenvalue weighted by molar-refractivity contribution is 0.151. The molecule has 2 unspecified atom stereocenters. The summed E-state index contributed by atoms with van der Waals surface area (Å²) in [4.78, 5) is 2.61. The molecular weight excluding hydrogens is 218 g/mol. The molecule has 0 N–H and O–H groups in total. The highest BCUT2D eigenvalue weighted by Gasteiger charge is 2.43. The Hall–Kier alpha value is -0.460. The van der Waals surface area contributed by atoms with Crippen molar-refractivity contribution in [1.29, 1.82) is 0 Å². The fraction of sp³-hybridized carbons (Fsp3) is 0.882. The maximum atomic E-state index is 4.44. The van der Waals surface area contributed by atoms with Gasteiger partial charge in [-0.2, -0.15) is 0 Å². The second-order valence-corrected chi connectivity index (χ2v) is 7.91. The molecule has 104 valence electrons. The fourth-order valence-corrected chi connectivity index (χ4v) is 3.86. The van der Waals surface area contributed by atoms with Gasteiger partial charge < -0.3 is 4.90 Å². The van der Waals surface area contributed by atoms with Gasteiger partial charge in [-0.15, -0.1) is 0 Å². The van der Waals surface area contributed by atoms with Gasteiger partial charge in [0.15, 0.2) is 0 Å². The van der Waals surface area contributed by atoms with Gasteiger partial charge in [0.25, 0.3) is 0 Å². The summed E-state index contributed by atoms with van der Waals surface area (Å²) >= 11 is 0. The first-order valence-corrected chi connectivity index (χ1v) is 7.72. The Bertz CT molecular complexity index is 319. The van der Waals surface area contributed by atoms with Crippen molar-refractivity contribution in [3.8, 4) is 0 Å². The zero-order valence-corrected chi connectivity index (χ0v) is 13.1. The van der Waals surface area contributed by atoms with Crippen LogP contribution in [0.25, 0.3) is 0 Å². The van der Waals surface area contributed by atoms with Crippen LogP contribution in [0.1, 0.15) is 60.3 Å². The monoisotopic (exact) mass is 249 g/mol. The van der Waals surface area contributed by atoms with Crippen LogP contribution in [0.2, 0.25) is 0 Å². The number of nitrogens with zero attached hydrogens (tertiary/aromatic N) is 1. The summed E-state index contributed by atoms with van der Waals surface area (Å²) in [7, 11) is 0. The number of allylic oxidation sites excluding steroid dienone is 1. The van der Waals surface area contributed by atoms with Crippen LogP contribution < -0.4 is 0 Å². The molecule has 2 aliphatic rings. The fourth-order valence-electron chi connectivity index (χ4n) is 3.86. The van der Waals surface area contributed by atoms with Gasteiger partial charge in [0.05, 0.1) is 0 Å². The molecule has 0 spiro atoms. The summed E-state index contributed by atoms with van der Waals surface area (Å²) < 4.78 is 0. The van der Waals surface area contributed by atoms with Crippen LogP contribution in [0, 0.1) is 22.7 Å². The number of hydrogen-bond donors (Lipinski definition) is 0. The average molecular weight is 249 g/mol. The van der Waals surface area contributed by atoms with E-state index in [-0.39, 0.29) is 0 Å². The summed E-state index contributed by atoms with van der Waals surface area (Å²) in [5.41, 5.74) is 2.28. The molecule has 18 heavy (non-hydrogen) atoms. The molecule has 0 aromatic heterocycles. The maximum Gasteiger partial charge on any atom is 0.0211 e. The Morgan fingerprint density at radius 2 is 1.89 bits per heavy atom. The Labute approximate surface area is 114 Å². The molecule has 1 aliphatic carbocycles. The van der Waals surface area contributed by atoms with Crippen molar-refractivity contribution in [2.75, 3.05) is 13.1 Å². The number of rotatable bonds is 3. The number of likely N-dealkylation sites (tertiary alicyclic amines) is 1. The lowest BCUT2D eigenvalue weighted by Crippen LogP contribution is -2.37. The van der Waals surface area contributed by atoms with E-state index in [4.69, 9.17) is 0 Å². The van der Waals surface area contributed by atoms with Crippen LogP contribution in [0.5, 0.6) is 0 Å². The molecule has 2 rings (SSSR count). The summed E-state index contributed by atoms with van der Waals surface area (Å²) in [5.74, 6) is 1.67. The van der Waals surface area contributed by atoms with Gasteiger partial charge in [-0.1, -0.05) is 54.0 Å². The molecule has 0 bridgehead atoms. The molecule has 0 aromatic carbocycles.